The van der Waals surface area contributed by atoms with Crippen molar-refractivity contribution in [2.75, 3.05) is 0 Å². The third-order valence-electron chi connectivity index (χ3n) is 3.62. The average molecular weight is 678 g/mol. The van der Waals surface area contributed by atoms with E-state index < -0.39 is 8.25 Å². The average Bonchev–Trinajstić information content (AvgIpc) is 2.51. The van der Waals surface area contributed by atoms with Crippen LogP contribution in [0.3, 0.4) is 0 Å². The van der Waals surface area contributed by atoms with Crippen molar-refractivity contribution in [2.24, 2.45) is 0 Å². The van der Waals surface area contributed by atoms with Crippen LogP contribution in [0.4, 0.5) is 0 Å². The maximum absolute atomic E-state index is 10.8. The van der Waals surface area contributed by atoms with Crippen molar-refractivity contribution < 1.29 is 68.1 Å². The second-order valence-electron chi connectivity index (χ2n) is 4.87. The van der Waals surface area contributed by atoms with Gasteiger partial charge < -0.3 is 19.3 Å². The zero-order chi connectivity index (χ0) is 16.3. The number of allylic oxidation sites excluding steroid dienone is 2. The molecule has 1 unspecified atom stereocenters. The normalized spacial score (nSPS) is 16.7. The molecule has 0 saturated heterocycles. The maximum atomic E-state index is 10.8. The summed E-state index contributed by atoms with van der Waals surface area (Å²) in [6, 6.07) is 2.97. The fraction of sp³-hybridized carbons (Fsp3) is 0.286. The Hall–Kier alpha value is -0.533. The zero-order valence-electron chi connectivity index (χ0n) is 12.0. The predicted octanol–water partition coefficient (Wildman–Crippen LogP) is 3.26. The quantitative estimate of drug-likeness (QED) is 0.468. The fourth-order valence-electron chi connectivity index (χ4n) is 2.75. The SMILES string of the molecule is C=C1Oc2cc(O)c(O[PH](=O)O)cc2C2=C1CCCC2.[O]=[W].[W]. The van der Waals surface area contributed by atoms with Crippen LogP contribution in [0.5, 0.6) is 17.2 Å². The summed E-state index contributed by atoms with van der Waals surface area (Å²) in [4.78, 5) is 8.86. The Labute approximate surface area is 160 Å². The summed E-state index contributed by atoms with van der Waals surface area (Å²) in [5, 5.41) is 9.81. The minimum absolute atomic E-state index is 0. The molecule has 2 aliphatic rings. The molecule has 0 amide bonds. The Morgan fingerprint density at radius 1 is 1.22 bits per heavy atom. The van der Waals surface area contributed by atoms with E-state index >= 15 is 0 Å². The van der Waals surface area contributed by atoms with Gasteiger partial charge in [-0.25, -0.2) is 4.57 Å². The van der Waals surface area contributed by atoms with E-state index in [1.807, 2.05) is 0 Å². The van der Waals surface area contributed by atoms with Crippen molar-refractivity contribution in [1.29, 1.82) is 0 Å². The second kappa shape index (κ2) is 9.08. The minimum Gasteiger partial charge on any atom is 0 e. The molecule has 1 aliphatic carbocycles. The molecule has 0 bridgehead atoms. The van der Waals surface area contributed by atoms with Gasteiger partial charge in [0.05, 0.1) is 0 Å². The number of rotatable bonds is 2. The van der Waals surface area contributed by atoms with Crippen LogP contribution >= 0.6 is 8.25 Å². The Morgan fingerprint density at radius 2 is 1.83 bits per heavy atom. The summed E-state index contributed by atoms with van der Waals surface area (Å²) in [5.41, 5.74) is 3.03. The van der Waals surface area contributed by atoms with E-state index in [1.54, 1.807) is 6.07 Å². The topological polar surface area (TPSA) is 93.1 Å². The number of aromatic hydroxyl groups is 1. The molecular weight excluding hydrogens is 663 g/mol. The predicted molar refractivity (Wildman–Crippen MR) is 75.8 cm³/mol. The molecule has 1 heterocycles. The van der Waals surface area contributed by atoms with Gasteiger partial charge in [-0.15, -0.1) is 0 Å². The third kappa shape index (κ3) is 4.51. The first kappa shape index (κ1) is 20.5. The number of ether oxygens (including phenoxy) is 1. The molecule has 0 fully saturated rings. The number of fused-ring (bicyclic) bond motifs is 2. The molecule has 1 atom stereocenters. The van der Waals surface area contributed by atoms with Gasteiger partial charge >= 0.3 is 31.4 Å². The number of phenols is 1. The van der Waals surface area contributed by atoms with Crippen LogP contribution in [-0.4, -0.2) is 10.00 Å². The van der Waals surface area contributed by atoms with Crippen molar-refractivity contribution in [3.63, 3.8) is 0 Å². The number of hydrogen-bond acceptors (Lipinski definition) is 5. The maximum Gasteiger partial charge on any atom is 0 e. The van der Waals surface area contributed by atoms with E-state index in [9.17, 15) is 9.67 Å². The standard InChI is InChI=1S/C14H15O5P.O.2W/c1-8-9-4-2-3-5-10(9)11-6-14(19-20(16)17)12(15)7-13(11)18-8;;;/h6-7,15,20H,1-5H2,(H,16,17);;;. The first-order valence-corrected chi connectivity index (χ1v) is 9.06. The van der Waals surface area contributed by atoms with Crippen LogP contribution < -0.4 is 9.26 Å². The van der Waals surface area contributed by atoms with Gasteiger partial charge in [0, 0.05) is 32.7 Å². The number of benzene rings is 1. The van der Waals surface area contributed by atoms with E-state index in [0.717, 1.165) is 42.4 Å². The van der Waals surface area contributed by atoms with Crippen molar-refractivity contribution in [1.82, 2.24) is 0 Å². The molecule has 1 aromatic carbocycles. The fourth-order valence-corrected chi connectivity index (χ4v) is 3.10. The summed E-state index contributed by atoms with van der Waals surface area (Å²) in [7, 11) is -3.16. The summed E-state index contributed by atoms with van der Waals surface area (Å²) in [6.07, 6.45) is 4.01. The van der Waals surface area contributed by atoms with Gasteiger partial charge in [0.15, 0.2) is 11.5 Å². The van der Waals surface area contributed by atoms with Gasteiger partial charge in [0.25, 0.3) is 0 Å². The van der Waals surface area contributed by atoms with E-state index in [2.05, 4.69) is 6.58 Å². The molecule has 0 spiro atoms. The third-order valence-corrected chi connectivity index (χ3v) is 4.02. The molecule has 124 valence electrons. The number of phenolic OH excluding ortho intramolecular Hbond substituents is 1. The second-order valence-corrected chi connectivity index (χ2v) is 5.61. The van der Waals surface area contributed by atoms with E-state index in [4.69, 9.17) is 17.6 Å². The van der Waals surface area contributed by atoms with Gasteiger partial charge in [0.2, 0.25) is 0 Å². The first-order chi connectivity index (χ1) is 10.6. The van der Waals surface area contributed by atoms with Crippen LogP contribution in [-0.2, 0) is 48.8 Å². The summed E-state index contributed by atoms with van der Waals surface area (Å²) in [6.45, 7) is 3.92. The first-order valence-electron chi connectivity index (χ1n) is 6.60. The molecule has 23 heavy (non-hydrogen) atoms. The Balaban J connectivity index is 0.000000849. The molecule has 0 saturated carbocycles. The van der Waals surface area contributed by atoms with Crippen molar-refractivity contribution in [3.05, 3.63) is 35.6 Å². The van der Waals surface area contributed by atoms with Crippen LogP contribution in [0, 0.1) is 0 Å². The smallest absolute Gasteiger partial charge is 0 e. The van der Waals surface area contributed by atoms with Gasteiger partial charge in [-0.1, -0.05) is 6.58 Å². The Bertz CT molecular complexity index is 673. The molecule has 3 rings (SSSR count). The zero-order valence-corrected chi connectivity index (χ0v) is 18.9. The summed E-state index contributed by atoms with van der Waals surface area (Å²) in [5.74, 6) is 0.918. The number of hydrogen-bond donors (Lipinski definition) is 2. The van der Waals surface area contributed by atoms with Crippen LogP contribution in [0.2, 0.25) is 0 Å². The van der Waals surface area contributed by atoms with Crippen molar-refractivity contribution in [2.45, 2.75) is 25.7 Å². The van der Waals surface area contributed by atoms with Crippen LogP contribution in [0.15, 0.2) is 30.0 Å². The van der Waals surface area contributed by atoms with Gasteiger partial charge in [-0.05, 0) is 42.9 Å². The Kier molecular flexibility index (Phi) is 8.10. The molecule has 9 heteroatoms. The minimum atomic E-state index is -3.16. The van der Waals surface area contributed by atoms with E-state index in [1.165, 1.54) is 6.07 Å². The van der Waals surface area contributed by atoms with Crippen molar-refractivity contribution in [3.8, 4) is 17.2 Å². The summed E-state index contributed by atoms with van der Waals surface area (Å²) >= 11 is 0.333. The van der Waals surface area contributed by atoms with E-state index in [-0.39, 0.29) is 32.6 Å². The van der Waals surface area contributed by atoms with Gasteiger partial charge in [0.1, 0.15) is 11.5 Å². The largest absolute Gasteiger partial charge is 0 e. The molecule has 1 aliphatic heterocycles. The molecule has 6 nitrogen and oxygen atoms in total. The molecule has 0 radical (unpaired) electrons. The van der Waals surface area contributed by atoms with Gasteiger partial charge in [-0.3, -0.25) is 0 Å². The van der Waals surface area contributed by atoms with E-state index in [0.29, 0.717) is 31.3 Å². The van der Waals surface area contributed by atoms with Gasteiger partial charge in [-0.2, -0.15) is 0 Å². The summed E-state index contributed by atoms with van der Waals surface area (Å²) < 4.78 is 29.6. The molecule has 0 aromatic heterocycles. The Morgan fingerprint density at radius 3 is 2.43 bits per heavy atom. The molecular formula is C14H15O6PW2. The van der Waals surface area contributed by atoms with Crippen molar-refractivity contribution >= 4 is 13.8 Å². The molecule has 1 aromatic rings. The van der Waals surface area contributed by atoms with Crippen LogP contribution in [0.25, 0.3) is 5.57 Å². The molecule has 2 N–H and O–H groups in total. The monoisotopic (exact) mass is 678 g/mol. The van der Waals surface area contributed by atoms with Crippen LogP contribution in [0.1, 0.15) is 31.2 Å².